The molecule has 2 heterocycles. The van der Waals surface area contributed by atoms with E-state index in [-0.39, 0.29) is 5.92 Å². The van der Waals surface area contributed by atoms with E-state index in [1.54, 1.807) is 0 Å². The third-order valence-corrected chi connectivity index (χ3v) is 1.89. The third kappa shape index (κ3) is 1.83. The SMILES string of the molecule is CC(C)c1ncnn1-c1ncc(F)cn1. The van der Waals surface area contributed by atoms with E-state index in [0.29, 0.717) is 5.95 Å². The molecular formula is C9H10FN5. The Morgan fingerprint density at radius 2 is 1.87 bits per heavy atom. The summed E-state index contributed by atoms with van der Waals surface area (Å²) in [5.41, 5.74) is 0. The Bertz CT molecular complexity index is 448. The van der Waals surface area contributed by atoms with E-state index in [0.717, 1.165) is 18.2 Å². The molecule has 0 aromatic carbocycles. The monoisotopic (exact) mass is 207 g/mol. The quantitative estimate of drug-likeness (QED) is 0.745. The highest BCUT2D eigenvalue weighted by Crippen LogP contribution is 2.12. The summed E-state index contributed by atoms with van der Waals surface area (Å²) in [6, 6.07) is 0. The summed E-state index contributed by atoms with van der Waals surface area (Å²) in [6.07, 6.45) is 3.64. The maximum atomic E-state index is 12.6. The second-order valence-electron chi connectivity index (χ2n) is 3.39. The van der Waals surface area contributed by atoms with Crippen LogP contribution in [0.4, 0.5) is 4.39 Å². The topological polar surface area (TPSA) is 56.5 Å². The molecule has 0 bridgehead atoms. The van der Waals surface area contributed by atoms with Crippen LogP contribution >= 0.6 is 0 Å². The van der Waals surface area contributed by atoms with Gasteiger partial charge in [-0.15, -0.1) is 0 Å². The van der Waals surface area contributed by atoms with Gasteiger partial charge in [0, 0.05) is 5.92 Å². The number of nitrogens with zero attached hydrogens (tertiary/aromatic N) is 5. The molecule has 78 valence electrons. The minimum absolute atomic E-state index is 0.209. The highest BCUT2D eigenvalue weighted by molar-refractivity contribution is 5.12. The Balaban J connectivity index is 2.45. The minimum Gasteiger partial charge on any atom is -0.219 e. The number of hydrogen-bond donors (Lipinski definition) is 0. The summed E-state index contributed by atoms with van der Waals surface area (Å²) in [5, 5.41) is 4.00. The maximum absolute atomic E-state index is 12.6. The average molecular weight is 207 g/mol. The molecule has 0 spiro atoms. The Morgan fingerprint density at radius 1 is 1.20 bits per heavy atom. The smallest absolute Gasteiger partial charge is 0.219 e. The molecule has 0 amide bonds. The van der Waals surface area contributed by atoms with E-state index in [1.165, 1.54) is 11.0 Å². The fourth-order valence-electron chi connectivity index (χ4n) is 1.21. The van der Waals surface area contributed by atoms with Gasteiger partial charge in [0.2, 0.25) is 0 Å². The molecule has 2 rings (SSSR count). The van der Waals surface area contributed by atoms with Crippen LogP contribution in [0.5, 0.6) is 0 Å². The van der Waals surface area contributed by atoms with Crippen LogP contribution in [-0.4, -0.2) is 24.7 Å². The lowest BCUT2D eigenvalue weighted by molar-refractivity contribution is 0.604. The summed E-state index contributed by atoms with van der Waals surface area (Å²) in [5.74, 6) is 0.824. The lowest BCUT2D eigenvalue weighted by Crippen LogP contribution is -2.08. The lowest BCUT2D eigenvalue weighted by atomic mass is 10.2. The van der Waals surface area contributed by atoms with Crippen LogP contribution in [0.1, 0.15) is 25.6 Å². The first-order valence-corrected chi connectivity index (χ1v) is 4.56. The lowest BCUT2D eigenvalue weighted by Gasteiger charge is -2.05. The van der Waals surface area contributed by atoms with Crippen LogP contribution < -0.4 is 0 Å². The molecule has 0 saturated heterocycles. The van der Waals surface area contributed by atoms with Gasteiger partial charge >= 0.3 is 0 Å². The molecule has 0 radical (unpaired) electrons. The van der Waals surface area contributed by atoms with Crippen LogP contribution in [0.3, 0.4) is 0 Å². The zero-order valence-electron chi connectivity index (χ0n) is 8.42. The maximum Gasteiger partial charge on any atom is 0.252 e. The fourth-order valence-corrected chi connectivity index (χ4v) is 1.21. The molecule has 6 heteroatoms. The Hall–Kier alpha value is -1.85. The van der Waals surface area contributed by atoms with Gasteiger partial charge in [-0.25, -0.2) is 19.3 Å². The molecule has 0 aliphatic heterocycles. The van der Waals surface area contributed by atoms with E-state index >= 15 is 0 Å². The van der Waals surface area contributed by atoms with Crippen molar-refractivity contribution >= 4 is 0 Å². The van der Waals surface area contributed by atoms with Crippen LogP contribution in [-0.2, 0) is 0 Å². The molecule has 0 saturated carbocycles. The molecule has 0 N–H and O–H groups in total. The molecule has 2 aromatic heterocycles. The Morgan fingerprint density at radius 3 is 2.47 bits per heavy atom. The molecule has 2 aromatic rings. The van der Waals surface area contributed by atoms with Gasteiger partial charge < -0.3 is 0 Å². The van der Waals surface area contributed by atoms with Gasteiger partial charge in [-0.3, -0.25) is 0 Å². The van der Waals surface area contributed by atoms with E-state index in [1.807, 2.05) is 13.8 Å². The molecule has 0 aliphatic carbocycles. The highest BCUT2D eigenvalue weighted by Gasteiger charge is 2.11. The molecule has 0 fully saturated rings. The van der Waals surface area contributed by atoms with Gasteiger partial charge in [0.1, 0.15) is 12.2 Å². The van der Waals surface area contributed by atoms with E-state index in [4.69, 9.17) is 0 Å². The first-order valence-electron chi connectivity index (χ1n) is 4.56. The molecule has 5 nitrogen and oxygen atoms in total. The number of rotatable bonds is 2. The Kier molecular flexibility index (Phi) is 2.40. The van der Waals surface area contributed by atoms with Gasteiger partial charge in [-0.1, -0.05) is 13.8 Å². The predicted molar refractivity (Wildman–Crippen MR) is 51.0 cm³/mol. The fraction of sp³-hybridized carbons (Fsp3) is 0.333. The predicted octanol–water partition coefficient (Wildman–Crippen LogP) is 1.32. The number of aromatic nitrogens is 5. The van der Waals surface area contributed by atoms with E-state index < -0.39 is 5.82 Å². The van der Waals surface area contributed by atoms with Crippen molar-refractivity contribution in [3.8, 4) is 5.95 Å². The van der Waals surface area contributed by atoms with E-state index in [9.17, 15) is 4.39 Å². The molecular weight excluding hydrogens is 197 g/mol. The third-order valence-electron chi connectivity index (χ3n) is 1.89. The van der Waals surface area contributed by atoms with Crippen molar-refractivity contribution in [3.63, 3.8) is 0 Å². The van der Waals surface area contributed by atoms with Crippen molar-refractivity contribution in [2.75, 3.05) is 0 Å². The zero-order chi connectivity index (χ0) is 10.8. The number of halogens is 1. The van der Waals surface area contributed by atoms with Gasteiger partial charge in [0.15, 0.2) is 5.82 Å². The molecule has 0 aliphatic rings. The molecule has 0 unspecified atom stereocenters. The van der Waals surface area contributed by atoms with Crippen LogP contribution in [0.15, 0.2) is 18.7 Å². The number of hydrogen-bond acceptors (Lipinski definition) is 4. The molecule has 15 heavy (non-hydrogen) atoms. The zero-order valence-corrected chi connectivity index (χ0v) is 8.42. The van der Waals surface area contributed by atoms with Crippen LogP contribution in [0, 0.1) is 5.82 Å². The van der Waals surface area contributed by atoms with Crippen molar-refractivity contribution in [2.24, 2.45) is 0 Å². The van der Waals surface area contributed by atoms with Crippen molar-refractivity contribution in [2.45, 2.75) is 19.8 Å². The van der Waals surface area contributed by atoms with Gasteiger partial charge in [0.05, 0.1) is 12.4 Å². The highest BCUT2D eigenvalue weighted by atomic mass is 19.1. The first kappa shape index (κ1) is 9.70. The van der Waals surface area contributed by atoms with E-state index in [2.05, 4.69) is 20.1 Å². The van der Waals surface area contributed by atoms with Crippen molar-refractivity contribution in [3.05, 3.63) is 30.4 Å². The summed E-state index contributed by atoms with van der Waals surface area (Å²) >= 11 is 0. The van der Waals surface area contributed by atoms with Crippen molar-refractivity contribution in [1.82, 2.24) is 24.7 Å². The second-order valence-corrected chi connectivity index (χ2v) is 3.39. The van der Waals surface area contributed by atoms with Crippen molar-refractivity contribution < 1.29 is 4.39 Å². The normalized spacial score (nSPS) is 10.9. The summed E-state index contributed by atoms with van der Waals surface area (Å²) in [6.45, 7) is 3.98. The Labute approximate surface area is 86.0 Å². The van der Waals surface area contributed by atoms with Crippen LogP contribution in [0.25, 0.3) is 5.95 Å². The van der Waals surface area contributed by atoms with Gasteiger partial charge in [-0.2, -0.15) is 9.78 Å². The standard InChI is InChI=1S/C9H10FN5/c1-6(2)8-13-5-14-15(8)9-11-3-7(10)4-12-9/h3-6H,1-2H3. The average Bonchev–Trinajstić information content (AvgIpc) is 2.67. The van der Waals surface area contributed by atoms with Crippen LogP contribution in [0.2, 0.25) is 0 Å². The molecule has 0 atom stereocenters. The minimum atomic E-state index is -0.468. The summed E-state index contributed by atoms with van der Waals surface area (Å²) in [4.78, 5) is 11.8. The largest absolute Gasteiger partial charge is 0.252 e. The second kappa shape index (κ2) is 3.72. The van der Waals surface area contributed by atoms with Crippen molar-refractivity contribution in [1.29, 1.82) is 0 Å². The summed E-state index contributed by atoms with van der Waals surface area (Å²) in [7, 11) is 0. The summed E-state index contributed by atoms with van der Waals surface area (Å²) < 4.78 is 14.1. The van der Waals surface area contributed by atoms with Gasteiger partial charge in [-0.05, 0) is 0 Å². The van der Waals surface area contributed by atoms with Gasteiger partial charge in [0.25, 0.3) is 5.95 Å². The first-order chi connectivity index (χ1) is 7.18.